The number of Topliss-reactive ketones (excluding diaryl/α,β-unsaturated/α-hetero) is 1. The Kier molecular flexibility index (Phi) is 3.88. The number of dihydropyridines is 1. The Bertz CT molecular complexity index is 484. The van der Waals surface area contributed by atoms with Gasteiger partial charge in [0.25, 0.3) is 0 Å². The lowest BCUT2D eigenvalue weighted by Crippen LogP contribution is -2.28. The van der Waals surface area contributed by atoms with E-state index in [0.29, 0.717) is 25.0 Å². The minimum Gasteiger partial charge on any atom is -0.511 e. The van der Waals surface area contributed by atoms with Crippen molar-refractivity contribution in [2.24, 2.45) is 10.4 Å². The van der Waals surface area contributed by atoms with E-state index in [1.54, 1.807) is 0 Å². The van der Waals surface area contributed by atoms with Crippen molar-refractivity contribution in [3.63, 3.8) is 0 Å². The first-order valence-electron chi connectivity index (χ1n) is 6.52. The second-order valence-corrected chi connectivity index (χ2v) is 5.81. The fraction of sp³-hybridized carbons (Fsp3) is 0.467. The zero-order valence-electron chi connectivity index (χ0n) is 11.4. The quantitative estimate of drug-likeness (QED) is 0.765. The summed E-state index contributed by atoms with van der Waals surface area (Å²) in [6.07, 6.45) is 10.3. The Morgan fingerprint density at radius 1 is 1.47 bits per heavy atom. The number of nitrogens with zero attached hydrogens (tertiary/aromatic N) is 1. The SMILES string of the molecule is CC1(C)CC(=O)C(C=NCC2C=CC=CN2)=C(O)C1. The zero-order chi connectivity index (χ0) is 13.9. The molecule has 4 nitrogen and oxygen atoms in total. The fourth-order valence-corrected chi connectivity index (χ4v) is 2.31. The number of carbonyl (C=O) groups excluding carboxylic acids is 1. The van der Waals surface area contributed by atoms with E-state index in [1.807, 2.05) is 38.3 Å². The molecule has 0 bridgehead atoms. The molecule has 0 aromatic heterocycles. The molecule has 1 aliphatic heterocycles. The van der Waals surface area contributed by atoms with E-state index < -0.39 is 0 Å². The number of aliphatic hydroxyl groups excluding tert-OH is 1. The van der Waals surface area contributed by atoms with E-state index in [-0.39, 0.29) is 23.0 Å². The molecule has 4 heteroatoms. The van der Waals surface area contributed by atoms with Crippen molar-refractivity contribution < 1.29 is 9.90 Å². The van der Waals surface area contributed by atoms with Crippen molar-refractivity contribution in [2.75, 3.05) is 6.54 Å². The summed E-state index contributed by atoms with van der Waals surface area (Å²) in [6, 6.07) is 0.152. The van der Waals surface area contributed by atoms with E-state index in [1.165, 1.54) is 6.21 Å². The molecule has 102 valence electrons. The van der Waals surface area contributed by atoms with Gasteiger partial charge in [0.05, 0.1) is 18.2 Å². The van der Waals surface area contributed by atoms with Gasteiger partial charge in [-0.25, -0.2) is 0 Å². The van der Waals surface area contributed by atoms with Gasteiger partial charge in [-0.2, -0.15) is 0 Å². The fourth-order valence-electron chi connectivity index (χ4n) is 2.31. The average molecular weight is 260 g/mol. The molecule has 2 N–H and O–H groups in total. The summed E-state index contributed by atoms with van der Waals surface area (Å²) in [5.74, 6) is 0.140. The highest BCUT2D eigenvalue weighted by atomic mass is 16.3. The molecule has 1 aliphatic carbocycles. The molecule has 0 amide bonds. The van der Waals surface area contributed by atoms with Gasteiger partial charge < -0.3 is 10.4 Å². The number of hydrogen-bond donors (Lipinski definition) is 2. The second kappa shape index (κ2) is 5.43. The monoisotopic (exact) mass is 260 g/mol. The van der Waals surface area contributed by atoms with E-state index in [2.05, 4.69) is 10.3 Å². The Morgan fingerprint density at radius 3 is 2.89 bits per heavy atom. The van der Waals surface area contributed by atoms with Gasteiger partial charge in [0, 0.05) is 19.1 Å². The summed E-state index contributed by atoms with van der Waals surface area (Å²) in [5.41, 5.74) is 0.214. The molecular formula is C15H20N2O2. The lowest BCUT2D eigenvalue weighted by atomic mass is 9.77. The number of nitrogens with one attached hydrogen (secondary N) is 1. The Labute approximate surface area is 113 Å². The molecular weight excluding hydrogens is 240 g/mol. The molecule has 19 heavy (non-hydrogen) atoms. The van der Waals surface area contributed by atoms with Gasteiger partial charge in [-0.15, -0.1) is 0 Å². The third-order valence-corrected chi connectivity index (χ3v) is 3.28. The number of ketones is 1. The first-order valence-corrected chi connectivity index (χ1v) is 6.52. The molecule has 1 atom stereocenters. The molecule has 0 radical (unpaired) electrons. The molecule has 0 saturated carbocycles. The van der Waals surface area contributed by atoms with Gasteiger partial charge in [0.1, 0.15) is 5.76 Å². The van der Waals surface area contributed by atoms with Crippen molar-refractivity contribution in [2.45, 2.75) is 32.7 Å². The largest absolute Gasteiger partial charge is 0.511 e. The van der Waals surface area contributed by atoms with Gasteiger partial charge in [0.15, 0.2) is 5.78 Å². The number of aliphatic imine (C=N–C) groups is 1. The summed E-state index contributed by atoms with van der Waals surface area (Å²) in [4.78, 5) is 16.2. The predicted octanol–water partition coefficient (Wildman–Crippen LogP) is 2.30. The maximum atomic E-state index is 12.0. The summed E-state index contributed by atoms with van der Waals surface area (Å²) in [5, 5.41) is 13.1. The number of allylic oxidation sites excluding steroid dienone is 4. The zero-order valence-corrected chi connectivity index (χ0v) is 11.4. The topological polar surface area (TPSA) is 61.7 Å². The minimum absolute atomic E-state index is 0.0236. The van der Waals surface area contributed by atoms with Crippen LogP contribution >= 0.6 is 0 Å². The molecule has 0 aromatic rings. The highest BCUT2D eigenvalue weighted by Crippen LogP contribution is 2.35. The molecule has 2 rings (SSSR count). The van der Waals surface area contributed by atoms with Crippen molar-refractivity contribution in [1.29, 1.82) is 0 Å². The molecule has 1 heterocycles. The standard InChI is InChI=1S/C15H20N2O2/c1-15(2)7-13(18)12(14(19)8-15)10-16-9-11-5-3-4-6-17-11/h3-6,10-11,17-18H,7-9H2,1-2H3. The van der Waals surface area contributed by atoms with Crippen LogP contribution in [0.15, 0.2) is 40.8 Å². The van der Waals surface area contributed by atoms with Crippen molar-refractivity contribution in [1.82, 2.24) is 5.32 Å². The first kappa shape index (κ1) is 13.6. The Hall–Kier alpha value is -1.84. The number of hydrogen-bond acceptors (Lipinski definition) is 4. The highest BCUT2D eigenvalue weighted by molar-refractivity contribution is 6.14. The molecule has 2 aliphatic rings. The van der Waals surface area contributed by atoms with Gasteiger partial charge in [-0.3, -0.25) is 9.79 Å². The number of aliphatic hydroxyl groups is 1. The van der Waals surface area contributed by atoms with Crippen LogP contribution in [-0.2, 0) is 4.79 Å². The highest BCUT2D eigenvalue weighted by Gasteiger charge is 2.32. The van der Waals surface area contributed by atoms with Crippen molar-refractivity contribution in [3.05, 3.63) is 35.8 Å². The molecule has 0 saturated heterocycles. The summed E-state index contributed by atoms with van der Waals surface area (Å²) in [6.45, 7) is 4.52. The van der Waals surface area contributed by atoms with E-state index >= 15 is 0 Å². The summed E-state index contributed by atoms with van der Waals surface area (Å²) < 4.78 is 0. The van der Waals surface area contributed by atoms with Crippen LogP contribution < -0.4 is 5.32 Å². The number of carbonyl (C=O) groups is 1. The minimum atomic E-state index is -0.156. The lowest BCUT2D eigenvalue weighted by Gasteiger charge is -2.28. The molecule has 1 unspecified atom stereocenters. The molecule has 0 spiro atoms. The van der Waals surface area contributed by atoms with Crippen LogP contribution in [0.1, 0.15) is 26.7 Å². The maximum Gasteiger partial charge on any atom is 0.168 e. The van der Waals surface area contributed by atoms with E-state index in [4.69, 9.17) is 0 Å². The Balaban J connectivity index is 2.00. The first-order chi connectivity index (χ1) is 8.98. The second-order valence-electron chi connectivity index (χ2n) is 5.81. The van der Waals surface area contributed by atoms with Crippen LogP contribution in [0.25, 0.3) is 0 Å². The third kappa shape index (κ3) is 3.56. The van der Waals surface area contributed by atoms with Crippen LogP contribution in [0, 0.1) is 5.41 Å². The van der Waals surface area contributed by atoms with Crippen LogP contribution in [-0.4, -0.2) is 29.7 Å². The molecule has 0 aromatic carbocycles. The third-order valence-electron chi connectivity index (χ3n) is 3.28. The van der Waals surface area contributed by atoms with Crippen LogP contribution in [0.4, 0.5) is 0 Å². The smallest absolute Gasteiger partial charge is 0.168 e. The Morgan fingerprint density at radius 2 is 2.26 bits per heavy atom. The summed E-state index contributed by atoms with van der Waals surface area (Å²) in [7, 11) is 0. The van der Waals surface area contributed by atoms with Gasteiger partial charge in [0.2, 0.25) is 0 Å². The predicted molar refractivity (Wildman–Crippen MR) is 76.2 cm³/mol. The van der Waals surface area contributed by atoms with Gasteiger partial charge >= 0.3 is 0 Å². The average Bonchev–Trinajstić information content (AvgIpc) is 2.32. The number of rotatable bonds is 3. The summed E-state index contributed by atoms with van der Waals surface area (Å²) >= 11 is 0. The maximum absolute atomic E-state index is 12.0. The lowest BCUT2D eigenvalue weighted by molar-refractivity contribution is -0.117. The normalized spacial score (nSPS) is 26.0. The van der Waals surface area contributed by atoms with Crippen LogP contribution in [0.3, 0.4) is 0 Å². The van der Waals surface area contributed by atoms with E-state index in [0.717, 1.165) is 0 Å². The van der Waals surface area contributed by atoms with Crippen molar-refractivity contribution >= 4 is 12.0 Å². The van der Waals surface area contributed by atoms with Crippen LogP contribution in [0.2, 0.25) is 0 Å². The van der Waals surface area contributed by atoms with Crippen molar-refractivity contribution in [3.8, 4) is 0 Å². The van der Waals surface area contributed by atoms with Gasteiger partial charge in [-0.05, 0) is 17.7 Å². The van der Waals surface area contributed by atoms with Gasteiger partial charge in [-0.1, -0.05) is 26.0 Å². The van der Waals surface area contributed by atoms with Crippen LogP contribution in [0.5, 0.6) is 0 Å². The molecule has 0 fully saturated rings. The van der Waals surface area contributed by atoms with E-state index in [9.17, 15) is 9.90 Å².